The Morgan fingerprint density at radius 1 is 1.06 bits per heavy atom. The van der Waals surface area contributed by atoms with E-state index in [1.54, 1.807) is 24.3 Å². The summed E-state index contributed by atoms with van der Waals surface area (Å²) < 4.78 is 17.7. The Balaban J connectivity index is 2.17. The van der Waals surface area contributed by atoms with Gasteiger partial charge in [-0.1, -0.05) is 23.7 Å². The summed E-state index contributed by atoms with van der Waals surface area (Å²) in [6.07, 6.45) is 0. The van der Waals surface area contributed by atoms with Crippen molar-refractivity contribution in [1.82, 2.24) is 0 Å². The van der Waals surface area contributed by atoms with Crippen LogP contribution in [-0.2, 0) is 0 Å². The number of carbonyl (C=O) groups excluding carboxylic acids is 1. The van der Waals surface area contributed by atoms with Crippen LogP contribution in [0, 0.1) is 5.82 Å². The molecule has 2 aromatic rings. The van der Waals surface area contributed by atoms with E-state index < -0.39 is 11.8 Å². The second kappa shape index (κ2) is 4.97. The van der Waals surface area contributed by atoms with Crippen LogP contribution in [0.1, 0.15) is 10.4 Å². The molecule has 0 aliphatic heterocycles. The predicted octanol–water partition coefficient (Wildman–Crippen LogP) is 3.70. The highest BCUT2D eigenvalue weighted by Crippen LogP contribution is 2.24. The lowest BCUT2D eigenvalue weighted by Crippen LogP contribution is -2.08. The molecule has 0 aliphatic carbocycles. The number of rotatable bonds is 2. The van der Waals surface area contributed by atoms with E-state index in [0.29, 0.717) is 5.02 Å². The van der Waals surface area contributed by atoms with E-state index in [-0.39, 0.29) is 11.3 Å². The minimum absolute atomic E-state index is 0.270. The molecule has 0 saturated heterocycles. The van der Waals surface area contributed by atoms with E-state index in [1.165, 1.54) is 24.3 Å². The Hall–Kier alpha value is -1.87. The summed E-state index contributed by atoms with van der Waals surface area (Å²) in [5.41, 5.74) is 0.270. The van der Waals surface area contributed by atoms with Crippen molar-refractivity contribution in [2.75, 3.05) is 0 Å². The van der Waals surface area contributed by atoms with E-state index in [1.807, 2.05) is 0 Å². The lowest BCUT2D eigenvalue weighted by atomic mass is 10.2. The van der Waals surface area contributed by atoms with E-state index >= 15 is 0 Å². The largest absolute Gasteiger partial charge is 0.421 e. The molecular formula is C13H8ClFO2. The van der Waals surface area contributed by atoms with Crippen molar-refractivity contribution in [3.63, 3.8) is 0 Å². The van der Waals surface area contributed by atoms with Gasteiger partial charge in [0.2, 0.25) is 0 Å². The molecule has 0 aliphatic rings. The van der Waals surface area contributed by atoms with Crippen LogP contribution in [0.5, 0.6) is 5.75 Å². The van der Waals surface area contributed by atoms with Gasteiger partial charge in [0.25, 0.3) is 0 Å². The first kappa shape index (κ1) is 11.6. The lowest BCUT2D eigenvalue weighted by molar-refractivity contribution is 0.0735. The average molecular weight is 251 g/mol. The van der Waals surface area contributed by atoms with Gasteiger partial charge in [0.05, 0.1) is 10.6 Å². The number of carbonyl (C=O) groups is 1. The number of benzene rings is 2. The van der Waals surface area contributed by atoms with E-state index in [9.17, 15) is 9.18 Å². The van der Waals surface area contributed by atoms with E-state index in [0.717, 1.165) is 0 Å². The number of hydrogen-bond acceptors (Lipinski definition) is 2. The molecule has 17 heavy (non-hydrogen) atoms. The lowest BCUT2D eigenvalue weighted by Gasteiger charge is -2.05. The second-order valence-corrected chi connectivity index (χ2v) is 3.73. The average Bonchev–Trinajstić information content (AvgIpc) is 2.33. The highest BCUT2D eigenvalue weighted by molar-refractivity contribution is 6.32. The number of hydrogen-bond donors (Lipinski definition) is 0. The molecule has 0 atom stereocenters. The van der Waals surface area contributed by atoms with Gasteiger partial charge in [-0.25, -0.2) is 9.18 Å². The molecule has 2 nitrogen and oxygen atoms in total. The molecule has 2 aromatic carbocycles. The zero-order valence-electron chi connectivity index (χ0n) is 8.69. The third-order valence-corrected chi connectivity index (χ3v) is 2.43. The van der Waals surface area contributed by atoms with Crippen LogP contribution in [0.15, 0.2) is 48.5 Å². The van der Waals surface area contributed by atoms with Gasteiger partial charge >= 0.3 is 5.97 Å². The summed E-state index contributed by atoms with van der Waals surface area (Å²) in [7, 11) is 0. The second-order valence-electron chi connectivity index (χ2n) is 3.33. The van der Waals surface area contributed by atoms with Gasteiger partial charge < -0.3 is 4.74 Å². The molecule has 4 heteroatoms. The van der Waals surface area contributed by atoms with Gasteiger partial charge in [-0.15, -0.1) is 0 Å². The first-order valence-corrected chi connectivity index (χ1v) is 5.27. The molecule has 0 fully saturated rings. The monoisotopic (exact) mass is 250 g/mol. The van der Waals surface area contributed by atoms with Gasteiger partial charge in [0.15, 0.2) is 0 Å². The fourth-order valence-corrected chi connectivity index (χ4v) is 1.45. The number of esters is 1. The van der Waals surface area contributed by atoms with Crippen molar-refractivity contribution >= 4 is 17.6 Å². The van der Waals surface area contributed by atoms with Crippen LogP contribution in [0.2, 0.25) is 5.02 Å². The Morgan fingerprint density at radius 2 is 1.71 bits per heavy atom. The van der Waals surface area contributed by atoms with Crippen LogP contribution in [-0.4, -0.2) is 5.97 Å². The number of para-hydroxylation sites is 1. The minimum Gasteiger partial charge on any atom is -0.421 e. The molecule has 0 saturated carbocycles. The summed E-state index contributed by atoms with van der Waals surface area (Å²) in [5, 5.41) is 0.350. The molecule has 0 radical (unpaired) electrons. The maximum atomic E-state index is 12.7. The SMILES string of the molecule is O=C(Oc1ccccc1Cl)c1ccc(F)cc1. The van der Waals surface area contributed by atoms with E-state index in [4.69, 9.17) is 16.3 Å². The van der Waals surface area contributed by atoms with Crippen LogP contribution >= 0.6 is 11.6 Å². The molecular weight excluding hydrogens is 243 g/mol. The zero-order chi connectivity index (χ0) is 12.3. The predicted molar refractivity (Wildman–Crippen MR) is 62.8 cm³/mol. The molecule has 0 spiro atoms. The first-order chi connectivity index (χ1) is 8.16. The Bertz CT molecular complexity index is 537. The Kier molecular flexibility index (Phi) is 3.40. The third-order valence-electron chi connectivity index (χ3n) is 2.12. The summed E-state index contributed by atoms with van der Waals surface area (Å²) in [4.78, 5) is 11.7. The molecule has 0 N–H and O–H groups in total. The Morgan fingerprint density at radius 3 is 2.35 bits per heavy atom. The van der Waals surface area contributed by atoms with Gasteiger partial charge in [-0.2, -0.15) is 0 Å². The number of ether oxygens (including phenoxy) is 1. The van der Waals surface area contributed by atoms with Crippen LogP contribution in [0.4, 0.5) is 4.39 Å². The number of halogens is 2. The maximum Gasteiger partial charge on any atom is 0.343 e. The van der Waals surface area contributed by atoms with E-state index in [2.05, 4.69) is 0 Å². The highest BCUT2D eigenvalue weighted by Gasteiger charge is 2.10. The van der Waals surface area contributed by atoms with Crippen LogP contribution in [0.3, 0.4) is 0 Å². The van der Waals surface area contributed by atoms with Crippen molar-refractivity contribution in [3.05, 3.63) is 64.9 Å². The maximum absolute atomic E-state index is 12.7. The van der Waals surface area contributed by atoms with Gasteiger partial charge in [0.1, 0.15) is 11.6 Å². The van der Waals surface area contributed by atoms with Gasteiger partial charge in [-0.3, -0.25) is 0 Å². The standard InChI is InChI=1S/C13H8ClFO2/c14-11-3-1-2-4-12(11)17-13(16)9-5-7-10(15)8-6-9/h1-8H. The highest BCUT2D eigenvalue weighted by atomic mass is 35.5. The normalized spacial score (nSPS) is 10.0. The molecule has 0 aromatic heterocycles. The van der Waals surface area contributed by atoms with Gasteiger partial charge in [0, 0.05) is 0 Å². The zero-order valence-corrected chi connectivity index (χ0v) is 9.45. The van der Waals surface area contributed by atoms with Crippen LogP contribution in [0.25, 0.3) is 0 Å². The topological polar surface area (TPSA) is 26.3 Å². The molecule has 0 bridgehead atoms. The molecule has 0 heterocycles. The summed E-state index contributed by atoms with van der Waals surface area (Å²) >= 11 is 5.84. The van der Waals surface area contributed by atoms with Crippen molar-refractivity contribution in [2.24, 2.45) is 0 Å². The van der Waals surface area contributed by atoms with Crippen molar-refractivity contribution in [1.29, 1.82) is 0 Å². The quantitative estimate of drug-likeness (QED) is 0.600. The first-order valence-electron chi connectivity index (χ1n) is 4.89. The van der Waals surface area contributed by atoms with Crippen molar-refractivity contribution < 1.29 is 13.9 Å². The fourth-order valence-electron chi connectivity index (χ4n) is 1.27. The molecule has 0 unspecified atom stereocenters. The third kappa shape index (κ3) is 2.82. The van der Waals surface area contributed by atoms with Crippen LogP contribution < -0.4 is 4.74 Å². The molecule has 86 valence electrons. The summed E-state index contributed by atoms with van der Waals surface area (Å²) in [6.45, 7) is 0. The minimum atomic E-state index is -0.571. The summed E-state index contributed by atoms with van der Waals surface area (Å²) in [5.74, 6) is -0.694. The van der Waals surface area contributed by atoms with Crippen molar-refractivity contribution in [2.45, 2.75) is 0 Å². The van der Waals surface area contributed by atoms with Crippen molar-refractivity contribution in [3.8, 4) is 5.75 Å². The fraction of sp³-hybridized carbons (Fsp3) is 0. The molecule has 2 rings (SSSR count). The van der Waals surface area contributed by atoms with Gasteiger partial charge in [-0.05, 0) is 36.4 Å². The molecule has 0 amide bonds. The smallest absolute Gasteiger partial charge is 0.343 e. The summed E-state index contributed by atoms with van der Waals surface area (Å²) in [6, 6.07) is 11.8. The Labute approximate surface area is 103 Å².